The molecule has 3 nitrogen and oxygen atoms in total. The van der Waals surface area contributed by atoms with Crippen molar-refractivity contribution in [2.24, 2.45) is 5.73 Å². The van der Waals surface area contributed by atoms with Crippen LogP contribution in [0.2, 0.25) is 0 Å². The fourth-order valence-corrected chi connectivity index (χ4v) is 1.76. The Hall–Kier alpha value is -1.94. The molecule has 0 aliphatic carbocycles. The summed E-state index contributed by atoms with van der Waals surface area (Å²) >= 11 is 0. The largest absolute Gasteiger partial charge is 0.330 e. The average Bonchev–Trinajstić information content (AvgIpc) is 2.42. The van der Waals surface area contributed by atoms with E-state index >= 15 is 0 Å². The number of hydrogen-bond donors (Lipinski definition) is 1. The van der Waals surface area contributed by atoms with Crippen molar-refractivity contribution in [2.45, 2.75) is 6.42 Å². The van der Waals surface area contributed by atoms with Crippen LogP contribution in [0.1, 0.15) is 6.42 Å². The van der Waals surface area contributed by atoms with E-state index in [0.29, 0.717) is 6.54 Å². The average molecular weight is 245 g/mol. The minimum Gasteiger partial charge on any atom is -0.330 e. The number of benzene rings is 1. The molecular weight excluding hydrogens is 229 g/mol. The number of halogens is 1. The highest BCUT2D eigenvalue weighted by molar-refractivity contribution is 5.59. The predicted molar refractivity (Wildman–Crippen MR) is 71.3 cm³/mol. The highest BCUT2D eigenvalue weighted by atomic mass is 19.1. The number of aromatic nitrogens is 1. The Balaban J connectivity index is 2.27. The number of nitrogens with two attached hydrogens (primary N) is 1. The second-order valence-electron chi connectivity index (χ2n) is 3.96. The summed E-state index contributed by atoms with van der Waals surface area (Å²) in [6.07, 6.45) is 2.60. The van der Waals surface area contributed by atoms with Crippen LogP contribution in [-0.4, -0.2) is 18.1 Å². The minimum atomic E-state index is -0.237. The van der Waals surface area contributed by atoms with Crippen LogP contribution in [0.15, 0.2) is 48.7 Å². The summed E-state index contributed by atoms with van der Waals surface area (Å²) in [7, 11) is 0. The van der Waals surface area contributed by atoms with Crippen LogP contribution in [0.4, 0.5) is 15.9 Å². The quantitative estimate of drug-likeness (QED) is 0.880. The van der Waals surface area contributed by atoms with Gasteiger partial charge in [-0.3, -0.25) is 0 Å². The summed E-state index contributed by atoms with van der Waals surface area (Å²) < 4.78 is 13.0. The van der Waals surface area contributed by atoms with Crippen molar-refractivity contribution in [3.63, 3.8) is 0 Å². The topological polar surface area (TPSA) is 42.1 Å². The molecule has 1 aromatic carbocycles. The molecule has 94 valence electrons. The first-order chi connectivity index (χ1) is 8.81. The maximum absolute atomic E-state index is 13.0. The third-order valence-electron chi connectivity index (χ3n) is 2.65. The summed E-state index contributed by atoms with van der Waals surface area (Å²) in [6.45, 7) is 1.38. The van der Waals surface area contributed by atoms with E-state index in [0.717, 1.165) is 24.5 Å². The Labute approximate surface area is 106 Å². The van der Waals surface area contributed by atoms with Gasteiger partial charge in [0.1, 0.15) is 11.6 Å². The first-order valence-electron chi connectivity index (χ1n) is 5.95. The summed E-state index contributed by atoms with van der Waals surface area (Å²) in [4.78, 5) is 6.36. The van der Waals surface area contributed by atoms with E-state index in [1.54, 1.807) is 18.3 Å². The number of nitrogens with zero attached hydrogens (tertiary/aromatic N) is 2. The molecule has 0 aliphatic heterocycles. The van der Waals surface area contributed by atoms with Crippen molar-refractivity contribution in [2.75, 3.05) is 18.0 Å². The molecule has 1 heterocycles. The van der Waals surface area contributed by atoms with Gasteiger partial charge in [-0.25, -0.2) is 9.37 Å². The van der Waals surface area contributed by atoms with Gasteiger partial charge in [0.15, 0.2) is 0 Å². The zero-order chi connectivity index (χ0) is 12.8. The van der Waals surface area contributed by atoms with E-state index in [4.69, 9.17) is 5.73 Å². The summed E-state index contributed by atoms with van der Waals surface area (Å²) in [5.74, 6) is 0.608. The van der Waals surface area contributed by atoms with Gasteiger partial charge < -0.3 is 10.6 Å². The fraction of sp³-hybridized carbons (Fsp3) is 0.214. The lowest BCUT2D eigenvalue weighted by atomic mass is 10.2. The first kappa shape index (κ1) is 12.5. The summed E-state index contributed by atoms with van der Waals surface area (Å²) in [6, 6.07) is 12.1. The molecule has 2 aromatic rings. The van der Waals surface area contributed by atoms with Crippen LogP contribution in [0.3, 0.4) is 0 Å². The van der Waals surface area contributed by atoms with Crippen molar-refractivity contribution in [1.29, 1.82) is 0 Å². The van der Waals surface area contributed by atoms with Gasteiger partial charge in [-0.05, 0) is 49.4 Å². The molecule has 0 spiro atoms. The lowest BCUT2D eigenvalue weighted by Gasteiger charge is -2.23. The molecule has 0 bridgehead atoms. The Morgan fingerprint density at radius 1 is 1.11 bits per heavy atom. The standard InChI is InChI=1S/C14H16FN3/c15-12-5-7-13(8-6-12)18(11-3-9-16)14-4-1-2-10-17-14/h1-2,4-8,10H,3,9,11,16H2. The molecule has 1 aromatic heterocycles. The van der Waals surface area contributed by atoms with Gasteiger partial charge in [0.05, 0.1) is 0 Å². The number of anilines is 2. The zero-order valence-electron chi connectivity index (χ0n) is 10.1. The third-order valence-corrected chi connectivity index (χ3v) is 2.65. The van der Waals surface area contributed by atoms with Gasteiger partial charge in [0, 0.05) is 18.4 Å². The zero-order valence-corrected chi connectivity index (χ0v) is 10.1. The first-order valence-corrected chi connectivity index (χ1v) is 5.95. The van der Waals surface area contributed by atoms with Crippen molar-refractivity contribution < 1.29 is 4.39 Å². The smallest absolute Gasteiger partial charge is 0.132 e. The highest BCUT2D eigenvalue weighted by Crippen LogP contribution is 2.23. The van der Waals surface area contributed by atoms with E-state index in [1.165, 1.54) is 12.1 Å². The van der Waals surface area contributed by atoms with Gasteiger partial charge in [0.2, 0.25) is 0 Å². The Morgan fingerprint density at radius 2 is 1.89 bits per heavy atom. The normalized spacial score (nSPS) is 10.3. The van der Waals surface area contributed by atoms with E-state index in [9.17, 15) is 4.39 Å². The lowest BCUT2D eigenvalue weighted by Crippen LogP contribution is -2.21. The number of rotatable bonds is 5. The van der Waals surface area contributed by atoms with Gasteiger partial charge >= 0.3 is 0 Å². The summed E-state index contributed by atoms with van der Waals surface area (Å²) in [5.41, 5.74) is 6.47. The minimum absolute atomic E-state index is 0.237. The number of pyridine rings is 1. The Morgan fingerprint density at radius 3 is 2.50 bits per heavy atom. The van der Waals surface area contributed by atoms with Gasteiger partial charge in [0.25, 0.3) is 0 Å². The van der Waals surface area contributed by atoms with Crippen LogP contribution in [0.5, 0.6) is 0 Å². The monoisotopic (exact) mass is 245 g/mol. The van der Waals surface area contributed by atoms with Crippen LogP contribution in [0.25, 0.3) is 0 Å². The van der Waals surface area contributed by atoms with Crippen LogP contribution in [-0.2, 0) is 0 Å². The SMILES string of the molecule is NCCCN(c1ccc(F)cc1)c1ccccn1. The molecular formula is C14H16FN3. The molecule has 0 fully saturated rings. The van der Waals surface area contributed by atoms with Crippen LogP contribution >= 0.6 is 0 Å². The Bertz CT molecular complexity index is 470. The second kappa shape index (κ2) is 6.12. The molecule has 2 N–H and O–H groups in total. The van der Waals surface area contributed by atoms with Crippen molar-refractivity contribution >= 4 is 11.5 Å². The van der Waals surface area contributed by atoms with E-state index < -0.39 is 0 Å². The van der Waals surface area contributed by atoms with Crippen molar-refractivity contribution in [1.82, 2.24) is 4.98 Å². The number of hydrogen-bond acceptors (Lipinski definition) is 3. The van der Waals surface area contributed by atoms with Gasteiger partial charge in [-0.15, -0.1) is 0 Å². The van der Waals surface area contributed by atoms with Gasteiger partial charge in [-0.2, -0.15) is 0 Å². The molecule has 0 aliphatic rings. The van der Waals surface area contributed by atoms with E-state index in [2.05, 4.69) is 4.98 Å². The second-order valence-corrected chi connectivity index (χ2v) is 3.96. The van der Waals surface area contributed by atoms with Gasteiger partial charge in [-0.1, -0.05) is 6.07 Å². The molecule has 0 unspecified atom stereocenters. The predicted octanol–water partition coefficient (Wildman–Crippen LogP) is 2.71. The molecule has 0 atom stereocenters. The molecule has 0 radical (unpaired) electrons. The lowest BCUT2D eigenvalue weighted by molar-refractivity contribution is 0.627. The molecule has 2 rings (SSSR count). The third kappa shape index (κ3) is 3.05. The fourth-order valence-electron chi connectivity index (χ4n) is 1.76. The molecule has 0 saturated heterocycles. The van der Waals surface area contributed by atoms with E-state index in [1.807, 2.05) is 23.1 Å². The molecule has 4 heteroatoms. The maximum atomic E-state index is 13.0. The summed E-state index contributed by atoms with van der Waals surface area (Å²) in [5, 5.41) is 0. The maximum Gasteiger partial charge on any atom is 0.132 e. The molecule has 0 amide bonds. The van der Waals surface area contributed by atoms with Crippen LogP contribution < -0.4 is 10.6 Å². The molecule has 0 saturated carbocycles. The van der Waals surface area contributed by atoms with Crippen LogP contribution in [0, 0.1) is 5.82 Å². The van der Waals surface area contributed by atoms with E-state index in [-0.39, 0.29) is 5.82 Å². The molecule has 18 heavy (non-hydrogen) atoms. The van der Waals surface area contributed by atoms with Crippen molar-refractivity contribution in [3.8, 4) is 0 Å². The van der Waals surface area contributed by atoms with Crippen molar-refractivity contribution in [3.05, 3.63) is 54.5 Å². The Kier molecular flexibility index (Phi) is 4.25. The highest BCUT2D eigenvalue weighted by Gasteiger charge is 2.09.